The highest BCUT2D eigenvalue weighted by molar-refractivity contribution is 6.31. The molecule has 0 heterocycles. The third-order valence-corrected chi connectivity index (χ3v) is 3.33. The van der Waals surface area contributed by atoms with E-state index in [0.717, 1.165) is 25.0 Å². The van der Waals surface area contributed by atoms with Gasteiger partial charge in [0.15, 0.2) is 0 Å². The van der Waals surface area contributed by atoms with Gasteiger partial charge in [0.1, 0.15) is 0 Å². The molecule has 1 atom stereocenters. The highest BCUT2D eigenvalue weighted by atomic mass is 35.5. The Morgan fingerprint density at radius 2 is 2.00 bits per heavy atom. The first-order valence-corrected chi connectivity index (χ1v) is 5.78. The van der Waals surface area contributed by atoms with Gasteiger partial charge < -0.3 is 5.11 Å². The fourth-order valence-electron chi connectivity index (χ4n) is 2.00. The first-order valence-electron chi connectivity index (χ1n) is 5.40. The van der Waals surface area contributed by atoms with E-state index in [2.05, 4.69) is 0 Å². The van der Waals surface area contributed by atoms with Crippen LogP contribution in [0.3, 0.4) is 0 Å². The first kappa shape index (κ1) is 13.2. The van der Waals surface area contributed by atoms with Crippen molar-refractivity contribution < 1.29 is 23.1 Å². The summed E-state index contributed by atoms with van der Waals surface area (Å²) in [6, 6.07) is 3.16. The third-order valence-electron chi connectivity index (χ3n) is 3.02. The van der Waals surface area contributed by atoms with Gasteiger partial charge in [0.05, 0.1) is 16.5 Å². The second-order valence-electron chi connectivity index (χ2n) is 4.39. The Bertz CT molecular complexity index is 481. The van der Waals surface area contributed by atoms with Gasteiger partial charge in [0.2, 0.25) is 0 Å². The van der Waals surface area contributed by atoms with Crippen LogP contribution in [-0.4, -0.2) is 11.1 Å². The Balaban J connectivity index is 2.36. The number of benzene rings is 1. The smallest absolute Gasteiger partial charge is 0.417 e. The number of carboxylic acid groups (broad SMARTS) is 1. The van der Waals surface area contributed by atoms with Gasteiger partial charge in [-0.3, -0.25) is 4.79 Å². The second-order valence-corrected chi connectivity index (χ2v) is 4.80. The van der Waals surface area contributed by atoms with Crippen LogP contribution >= 0.6 is 11.6 Å². The van der Waals surface area contributed by atoms with Crippen LogP contribution in [0.2, 0.25) is 5.02 Å². The normalized spacial score (nSPS) is 17.6. The van der Waals surface area contributed by atoms with Gasteiger partial charge in [-0.2, -0.15) is 13.2 Å². The van der Waals surface area contributed by atoms with Crippen LogP contribution in [0.4, 0.5) is 13.2 Å². The maximum Gasteiger partial charge on any atom is 0.417 e. The molecule has 0 amide bonds. The topological polar surface area (TPSA) is 37.3 Å². The summed E-state index contributed by atoms with van der Waals surface area (Å²) in [7, 11) is 0. The van der Waals surface area contributed by atoms with Crippen molar-refractivity contribution in [3.05, 3.63) is 34.3 Å². The summed E-state index contributed by atoms with van der Waals surface area (Å²) in [5.74, 6) is -1.77. The number of hydrogen-bond acceptors (Lipinski definition) is 1. The van der Waals surface area contributed by atoms with Crippen LogP contribution in [0, 0.1) is 5.92 Å². The minimum absolute atomic E-state index is 0.00954. The zero-order valence-corrected chi connectivity index (χ0v) is 9.92. The molecule has 1 saturated carbocycles. The van der Waals surface area contributed by atoms with E-state index in [4.69, 9.17) is 16.7 Å². The number of carboxylic acids is 1. The molecule has 1 aliphatic carbocycles. The lowest BCUT2D eigenvalue weighted by atomic mass is 9.93. The van der Waals surface area contributed by atoms with E-state index < -0.39 is 28.6 Å². The third kappa shape index (κ3) is 2.61. The van der Waals surface area contributed by atoms with E-state index in [-0.39, 0.29) is 5.92 Å². The summed E-state index contributed by atoms with van der Waals surface area (Å²) in [6.07, 6.45) is -2.95. The summed E-state index contributed by atoms with van der Waals surface area (Å²) in [4.78, 5) is 11.1. The molecule has 18 heavy (non-hydrogen) atoms. The highest BCUT2D eigenvalue weighted by Gasteiger charge is 2.39. The monoisotopic (exact) mass is 278 g/mol. The quantitative estimate of drug-likeness (QED) is 0.909. The Hall–Kier alpha value is -1.23. The summed E-state index contributed by atoms with van der Waals surface area (Å²) in [5, 5.41) is 8.64. The molecule has 2 nitrogen and oxygen atoms in total. The lowest BCUT2D eigenvalue weighted by Gasteiger charge is -2.14. The Labute approximate surface area is 106 Å². The molecule has 0 aliphatic heterocycles. The van der Waals surface area contributed by atoms with Crippen molar-refractivity contribution in [3.63, 3.8) is 0 Å². The lowest BCUT2D eigenvalue weighted by molar-refractivity contribution is -0.139. The zero-order chi connectivity index (χ0) is 13.5. The summed E-state index contributed by atoms with van der Waals surface area (Å²) >= 11 is 5.57. The van der Waals surface area contributed by atoms with Gasteiger partial charge in [-0.05, 0) is 36.5 Å². The van der Waals surface area contributed by atoms with Crippen molar-refractivity contribution in [1.29, 1.82) is 0 Å². The van der Waals surface area contributed by atoms with Crippen molar-refractivity contribution in [2.75, 3.05) is 0 Å². The van der Waals surface area contributed by atoms with Gasteiger partial charge in [0, 0.05) is 0 Å². The predicted molar refractivity (Wildman–Crippen MR) is 59.6 cm³/mol. The first-order chi connectivity index (χ1) is 8.30. The molecule has 0 spiro atoms. The minimum atomic E-state index is -4.52. The minimum Gasteiger partial charge on any atom is -0.481 e. The standard InChI is InChI=1S/C12H10ClF3O2/c13-9-5-7(3-4-8(9)12(14,15)16)10(11(17)18)6-1-2-6/h3-6,10H,1-2H2,(H,17,18). The van der Waals surface area contributed by atoms with Crippen LogP contribution in [0.15, 0.2) is 18.2 Å². The van der Waals surface area contributed by atoms with Crippen LogP contribution in [0.1, 0.15) is 29.9 Å². The van der Waals surface area contributed by atoms with Crippen LogP contribution < -0.4 is 0 Å². The molecule has 0 bridgehead atoms. The zero-order valence-electron chi connectivity index (χ0n) is 9.17. The molecule has 98 valence electrons. The second kappa shape index (κ2) is 4.46. The molecular weight excluding hydrogens is 269 g/mol. The number of rotatable bonds is 3. The van der Waals surface area contributed by atoms with Crippen molar-refractivity contribution >= 4 is 17.6 Å². The molecule has 1 fully saturated rings. The molecule has 1 N–H and O–H groups in total. The molecule has 0 aromatic heterocycles. The van der Waals surface area contributed by atoms with Crippen LogP contribution in [0.5, 0.6) is 0 Å². The summed E-state index contributed by atoms with van der Waals surface area (Å²) in [6.45, 7) is 0. The Kier molecular flexibility index (Phi) is 3.27. The fraction of sp³-hybridized carbons (Fsp3) is 0.417. The van der Waals surface area contributed by atoms with E-state index in [9.17, 15) is 18.0 Å². The molecule has 0 saturated heterocycles. The van der Waals surface area contributed by atoms with Crippen molar-refractivity contribution in [1.82, 2.24) is 0 Å². The number of aliphatic carboxylic acids is 1. The van der Waals surface area contributed by atoms with Gasteiger partial charge in [0.25, 0.3) is 0 Å². The average molecular weight is 279 g/mol. The van der Waals surface area contributed by atoms with Gasteiger partial charge in [-0.25, -0.2) is 0 Å². The van der Waals surface area contributed by atoms with Crippen LogP contribution in [0.25, 0.3) is 0 Å². The van der Waals surface area contributed by atoms with Crippen LogP contribution in [-0.2, 0) is 11.0 Å². The SMILES string of the molecule is O=C(O)C(c1ccc(C(F)(F)F)c(Cl)c1)C1CC1. The molecule has 1 aromatic carbocycles. The van der Waals surface area contributed by atoms with E-state index in [1.54, 1.807) is 0 Å². The van der Waals surface area contributed by atoms with E-state index >= 15 is 0 Å². The van der Waals surface area contributed by atoms with Gasteiger partial charge in [-0.1, -0.05) is 17.7 Å². The van der Waals surface area contributed by atoms with E-state index in [0.29, 0.717) is 5.56 Å². The Morgan fingerprint density at radius 3 is 2.39 bits per heavy atom. The largest absolute Gasteiger partial charge is 0.481 e. The number of carbonyl (C=O) groups is 1. The molecule has 1 aliphatic rings. The summed E-state index contributed by atoms with van der Waals surface area (Å²) < 4.78 is 37.5. The molecule has 6 heteroatoms. The highest BCUT2D eigenvalue weighted by Crippen LogP contribution is 2.44. The van der Waals surface area contributed by atoms with Crippen molar-refractivity contribution in [2.45, 2.75) is 24.9 Å². The maximum absolute atomic E-state index is 12.5. The van der Waals surface area contributed by atoms with Gasteiger partial charge in [-0.15, -0.1) is 0 Å². The van der Waals surface area contributed by atoms with E-state index in [1.807, 2.05) is 0 Å². The molecule has 1 unspecified atom stereocenters. The van der Waals surface area contributed by atoms with E-state index in [1.165, 1.54) is 6.07 Å². The molecule has 0 radical (unpaired) electrons. The number of hydrogen-bond donors (Lipinski definition) is 1. The maximum atomic E-state index is 12.5. The molecular formula is C12H10ClF3O2. The summed E-state index contributed by atoms with van der Waals surface area (Å²) in [5.41, 5.74) is -0.601. The average Bonchev–Trinajstić information content (AvgIpc) is 2.99. The fourth-order valence-corrected chi connectivity index (χ4v) is 2.30. The molecule has 2 rings (SSSR count). The number of halogens is 4. The number of alkyl halides is 3. The van der Waals surface area contributed by atoms with Crippen molar-refractivity contribution in [2.24, 2.45) is 5.92 Å². The molecule has 1 aromatic rings. The predicted octanol–water partition coefficient (Wildman–Crippen LogP) is 3.94. The van der Waals surface area contributed by atoms with Gasteiger partial charge >= 0.3 is 12.1 Å². The van der Waals surface area contributed by atoms with Crippen molar-refractivity contribution in [3.8, 4) is 0 Å². The Morgan fingerprint density at radius 1 is 1.39 bits per heavy atom. The lowest BCUT2D eigenvalue weighted by Crippen LogP contribution is -2.14.